The number of nitrogens with zero attached hydrogens (tertiary/aromatic N) is 5. The smallest absolute Gasteiger partial charge is 0.294 e. The molecule has 12 heteroatoms. The van der Waals surface area contributed by atoms with Crippen LogP contribution in [0.4, 0.5) is 0 Å². The van der Waals surface area contributed by atoms with Crippen molar-refractivity contribution in [2.75, 3.05) is 20.8 Å². The van der Waals surface area contributed by atoms with E-state index in [-0.39, 0.29) is 18.6 Å². The molecule has 6 aromatic rings. The molecule has 10 nitrogen and oxygen atoms in total. The lowest BCUT2D eigenvalue weighted by Crippen LogP contribution is -2.40. The summed E-state index contributed by atoms with van der Waals surface area (Å²) >= 11 is 2.90. The average molecular weight is 644 g/mol. The summed E-state index contributed by atoms with van der Waals surface area (Å²) in [4.78, 5) is 25.5. The van der Waals surface area contributed by atoms with Crippen LogP contribution in [-0.4, -0.2) is 57.2 Å². The van der Waals surface area contributed by atoms with Gasteiger partial charge in [0.05, 0.1) is 31.5 Å². The topological polar surface area (TPSA) is 104 Å². The Morgan fingerprint density at radius 2 is 1.96 bits per heavy atom. The highest BCUT2D eigenvalue weighted by molar-refractivity contribution is 7.18. The predicted octanol–water partition coefficient (Wildman–Crippen LogP) is 7.57. The predicted molar refractivity (Wildman–Crippen MR) is 175 cm³/mol. The van der Waals surface area contributed by atoms with E-state index in [0.29, 0.717) is 50.2 Å². The summed E-state index contributed by atoms with van der Waals surface area (Å²) < 4.78 is 24.8. The highest BCUT2D eigenvalue weighted by Gasteiger charge is 2.34. The van der Waals surface area contributed by atoms with E-state index >= 15 is 0 Å². The number of aromatic nitrogens is 4. The Kier molecular flexibility index (Phi) is 7.92. The average Bonchev–Trinajstić information content (AvgIpc) is 3.36. The molecule has 2 aromatic carbocycles. The van der Waals surface area contributed by atoms with Crippen molar-refractivity contribution < 1.29 is 23.4 Å². The lowest BCUT2D eigenvalue weighted by molar-refractivity contribution is 0.0672. The number of furan rings is 1. The zero-order valence-corrected chi connectivity index (χ0v) is 27.1. The van der Waals surface area contributed by atoms with Crippen LogP contribution in [-0.2, 0) is 6.61 Å². The zero-order valence-electron chi connectivity index (χ0n) is 25.5. The van der Waals surface area contributed by atoms with Crippen molar-refractivity contribution in [3.05, 3.63) is 65.3 Å². The van der Waals surface area contributed by atoms with Gasteiger partial charge in [0.2, 0.25) is 4.96 Å². The first-order valence-corrected chi connectivity index (χ1v) is 16.6. The molecule has 1 fully saturated rings. The van der Waals surface area contributed by atoms with Crippen LogP contribution in [0.5, 0.6) is 16.7 Å². The Bertz CT molecular complexity index is 1940. The molecule has 4 heterocycles. The standard InChI is InChI=1S/C33H33N5O5S2/c1-5-12-37(19(2)20-6-7-20)31(39)22-10-8-21(9-11-22)30-34-23(18-44-30)17-42-27-13-24(40-3)14-28-25(27)15-29(43-28)26-16-38-32(35-26)45-33(36-38)41-4/h8-11,13-16,18-20H,5-7,12,17H2,1-4H3. The van der Waals surface area contributed by atoms with Gasteiger partial charge in [0.1, 0.15) is 34.4 Å². The largest absolute Gasteiger partial charge is 0.496 e. The second kappa shape index (κ2) is 12.2. The van der Waals surface area contributed by atoms with E-state index in [4.69, 9.17) is 23.6 Å². The summed E-state index contributed by atoms with van der Waals surface area (Å²) in [6, 6.07) is 13.6. The van der Waals surface area contributed by atoms with Crippen LogP contribution in [0.15, 0.2) is 58.5 Å². The third-order valence-electron chi connectivity index (χ3n) is 8.09. The van der Waals surface area contributed by atoms with E-state index < -0.39 is 0 Å². The van der Waals surface area contributed by atoms with Gasteiger partial charge >= 0.3 is 0 Å². The Labute approximate surface area is 268 Å². The van der Waals surface area contributed by atoms with Gasteiger partial charge in [-0.2, -0.15) is 0 Å². The molecule has 7 rings (SSSR count). The highest BCUT2D eigenvalue weighted by Crippen LogP contribution is 2.38. The second-order valence-corrected chi connectivity index (χ2v) is 12.9. The maximum Gasteiger partial charge on any atom is 0.294 e. The van der Waals surface area contributed by atoms with Crippen molar-refractivity contribution in [3.63, 3.8) is 0 Å². The van der Waals surface area contributed by atoms with Crippen molar-refractivity contribution in [2.24, 2.45) is 5.92 Å². The summed E-state index contributed by atoms with van der Waals surface area (Å²) in [5, 5.41) is 8.55. The van der Waals surface area contributed by atoms with Crippen molar-refractivity contribution >= 4 is 44.5 Å². The fourth-order valence-corrected chi connectivity index (χ4v) is 6.98. The first-order chi connectivity index (χ1) is 21.9. The van der Waals surface area contributed by atoms with E-state index in [0.717, 1.165) is 34.6 Å². The molecule has 1 saturated carbocycles. The van der Waals surface area contributed by atoms with Crippen molar-refractivity contribution in [1.82, 2.24) is 24.5 Å². The molecule has 0 N–H and O–H groups in total. The third-order valence-corrected chi connectivity index (χ3v) is 9.91. The van der Waals surface area contributed by atoms with Crippen LogP contribution in [0.2, 0.25) is 0 Å². The van der Waals surface area contributed by atoms with Gasteiger partial charge in [-0.25, -0.2) is 14.5 Å². The Balaban J connectivity index is 1.07. The summed E-state index contributed by atoms with van der Waals surface area (Å²) in [7, 11) is 3.19. The van der Waals surface area contributed by atoms with Crippen LogP contribution >= 0.6 is 22.7 Å². The van der Waals surface area contributed by atoms with Gasteiger partial charge < -0.3 is 23.5 Å². The quantitative estimate of drug-likeness (QED) is 0.135. The molecule has 4 aromatic heterocycles. The number of imidazole rings is 1. The number of carbonyl (C=O) groups is 1. The molecule has 1 amide bonds. The summed E-state index contributed by atoms with van der Waals surface area (Å²) in [6.07, 6.45) is 5.19. The number of benzene rings is 2. The zero-order chi connectivity index (χ0) is 31.1. The van der Waals surface area contributed by atoms with E-state index in [9.17, 15) is 4.79 Å². The van der Waals surface area contributed by atoms with Crippen LogP contribution in [0, 0.1) is 5.92 Å². The molecular weight excluding hydrogens is 611 g/mol. The molecule has 1 unspecified atom stereocenters. The summed E-state index contributed by atoms with van der Waals surface area (Å²) in [6.45, 7) is 5.35. The molecule has 0 radical (unpaired) electrons. The number of methoxy groups -OCH3 is 2. The maximum atomic E-state index is 13.3. The van der Waals surface area contributed by atoms with Gasteiger partial charge in [0.15, 0.2) is 5.76 Å². The van der Waals surface area contributed by atoms with Crippen molar-refractivity contribution in [1.29, 1.82) is 0 Å². The fraction of sp³-hybridized carbons (Fsp3) is 0.333. The molecule has 0 spiro atoms. The van der Waals surface area contributed by atoms with Gasteiger partial charge in [-0.05, 0) is 61.6 Å². The number of ether oxygens (including phenoxy) is 3. The summed E-state index contributed by atoms with van der Waals surface area (Å²) in [5.41, 5.74) is 3.77. The normalized spacial score (nSPS) is 13.8. The highest BCUT2D eigenvalue weighted by atomic mass is 32.1. The first-order valence-electron chi connectivity index (χ1n) is 14.9. The van der Waals surface area contributed by atoms with Crippen LogP contribution < -0.4 is 14.2 Å². The van der Waals surface area contributed by atoms with Crippen LogP contribution in [0.25, 0.3) is 38.0 Å². The van der Waals surface area contributed by atoms with Crippen molar-refractivity contribution in [2.45, 2.75) is 45.8 Å². The lowest BCUT2D eigenvalue weighted by Gasteiger charge is -2.29. The Morgan fingerprint density at radius 3 is 2.67 bits per heavy atom. The molecule has 1 aliphatic carbocycles. The number of fused-ring (bicyclic) bond motifs is 2. The number of amides is 1. The van der Waals surface area contributed by atoms with Gasteiger partial charge in [0, 0.05) is 41.2 Å². The summed E-state index contributed by atoms with van der Waals surface area (Å²) in [5.74, 6) is 2.57. The molecule has 45 heavy (non-hydrogen) atoms. The SMILES string of the molecule is CCCN(C(=O)c1ccc(-c2nc(COc3cc(OC)cc4oc(-c5cn6nc(OC)sc6n5)cc34)cs2)cc1)C(C)C1CC1. The Hall–Kier alpha value is -4.42. The van der Waals surface area contributed by atoms with E-state index in [1.165, 1.54) is 24.2 Å². The molecule has 1 atom stereocenters. The monoisotopic (exact) mass is 643 g/mol. The van der Waals surface area contributed by atoms with Gasteiger partial charge in [-0.3, -0.25) is 4.79 Å². The fourth-order valence-electron chi connectivity index (χ4n) is 5.47. The van der Waals surface area contributed by atoms with E-state index in [1.807, 2.05) is 52.7 Å². The number of rotatable bonds is 12. The van der Waals surface area contributed by atoms with Crippen LogP contribution in [0.3, 0.4) is 0 Å². The minimum Gasteiger partial charge on any atom is -0.496 e. The van der Waals surface area contributed by atoms with Gasteiger partial charge in [0.25, 0.3) is 11.1 Å². The molecule has 1 aliphatic rings. The molecule has 0 saturated heterocycles. The van der Waals surface area contributed by atoms with Crippen LogP contribution in [0.1, 0.15) is 49.2 Å². The number of carbonyl (C=O) groups excluding carboxylic acids is 1. The molecule has 0 aliphatic heterocycles. The minimum atomic E-state index is 0.104. The Morgan fingerprint density at radius 1 is 1.13 bits per heavy atom. The van der Waals surface area contributed by atoms with Gasteiger partial charge in [-0.15, -0.1) is 16.4 Å². The number of hydrogen-bond acceptors (Lipinski definition) is 10. The number of thiazole rings is 1. The number of hydrogen-bond donors (Lipinski definition) is 0. The molecule has 232 valence electrons. The molecular formula is C33H33N5O5S2. The second-order valence-electron chi connectivity index (χ2n) is 11.2. The third kappa shape index (κ3) is 5.87. The minimum absolute atomic E-state index is 0.104. The first kappa shape index (κ1) is 29.3. The van der Waals surface area contributed by atoms with Crippen molar-refractivity contribution in [3.8, 4) is 38.7 Å². The van der Waals surface area contributed by atoms with Gasteiger partial charge in [-0.1, -0.05) is 19.1 Å². The van der Waals surface area contributed by atoms with E-state index in [2.05, 4.69) is 23.9 Å². The molecule has 0 bridgehead atoms. The van der Waals surface area contributed by atoms with E-state index in [1.54, 1.807) is 36.3 Å². The maximum absolute atomic E-state index is 13.3. The lowest BCUT2D eigenvalue weighted by atomic mass is 10.1.